The summed E-state index contributed by atoms with van der Waals surface area (Å²) in [4.78, 5) is 45.7. The summed E-state index contributed by atoms with van der Waals surface area (Å²) in [6.45, 7) is 0.680. The molecule has 0 spiro atoms. The summed E-state index contributed by atoms with van der Waals surface area (Å²) in [5.41, 5.74) is 0.490. The summed E-state index contributed by atoms with van der Waals surface area (Å²) in [5, 5.41) is 2.72. The SMILES string of the molecule is O=C(ON1C(=O)c2ccccc2C1=O)c1csc(C2CCCO2)n1. The molecular formula is C16H12N2O5S. The quantitative estimate of drug-likeness (QED) is 0.795. The zero-order valence-corrected chi connectivity index (χ0v) is 13.2. The van der Waals surface area contributed by atoms with Crippen LogP contribution in [0.2, 0.25) is 0 Å². The van der Waals surface area contributed by atoms with Crippen LogP contribution in [0.25, 0.3) is 0 Å². The maximum atomic E-state index is 12.2. The van der Waals surface area contributed by atoms with Gasteiger partial charge in [0.1, 0.15) is 11.1 Å². The molecule has 0 bridgehead atoms. The van der Waals surface area contributed by atoms with E-state index in [1.54, 1.807) is 12.1 Å². The molecule has 0 aliphatic carbocycles. The van der Waals surface area contributed by atoms with Crippen molar-refractivity contribution in [3.8, 4) is 0 Å². The fraction of sp³-hybridized carbons (Fsp3) is 0.250. The second kappa shape index (κ2) is 5.81. The molecule has 122 valence electrons. The Morgan fingerprint density at radius 1 is 1.25 bits per heavy atom. The number of thiazole rings is 1. The average Bonchev–Trinajstić information content (AvgIpc) is 3.32. The Morgan fingerprint density at radius 2 is 1.96 bits per heavy atom. The van der Waals surface area contributed by atoms with Gasteiger partial charge in [0.2, 0.25) is 0 Å². The Hall–Kier alpha value is -2.58. The van der Waals surface area contributed by atoms with E-state index in [1.165, 1.54) is 28.8 Å². The number of nitrogens with zero attached hydrogens (tertiary/aromatic N) is 2. The molecule has 0 N–H and O–H groups in total. The lowest BCUT2D eigenvalue weighted by atomic mass is 10.1. The van der Waals surface area contributed by atoms with Crippen molar-refractivity contribution in [3.63, 3.8) is 0 Å². The third-order valence-electron chi connectivity index (χ3n) is 3.87. The fourth-order valence-corrected chi connectivity index (χ4v) is 3.55. The molecule has 0 saturated carbocycles. The number of rotatable bonds is 3. The van der Waals surface area contributed by atoms with Gasteiger partial charge in [0.25, 0.3) is 11.8 Å². The second-order valence-electron chi connectivity index (χ2n) is 5.40. The fourth-order valence-electron chi connectivity index (χ4n) is 2.68. The molecule has 2 amide bonds. The van der Waals surface area contributed by atoms with E-state index in [9.17, 15) is 14.4 Å². The van der Waals surface area contributed by atoms with Gasteiger partial charge in [-0.2, -0.15) is 0 Å². The van der Waals surface area contributed by atoms with Crippen LogP contribution in [0.3, 0.4) is 0 Å². The number of aromatic nitrogens is 1. The molecule has 1 atom stereocenters. The lowest BCUT2D eigenvalue weighted by molar-refractivity contribution is -0.0588. The monoisotopic (exact) mass is 344 g/mol. The van der Waals surface area contributed by atoms with Crippen LogP contribution in [-0.2, 0) is 9.57 Å². The van der Waals surface area contributed by atoms with E-state index in [4.69, 9.17) is 9.57 Å². The van der Waals surface area contributed by atoms with Crippen LogP contribution in [0.5, 0.6) is 0 Å². The van der Waals surface area contributed by atoms with Crippen LogP contribution in [0.15, 0.2) is 29.6 Å². The summed E-state index contributed by atoms with van der Waals surface area (Å²) in [7, 11) is 0. The largest absolute Gasteiger partial charge is 0.383 e. The molecule has 0 radical (unpaired) electrons. The van der Waals surface area contributed by atoms with Gasteiger partial charge in [-0.05, 0) is 25.0 Å². The zero-order valence-electron chi connectivity index (χ0n) is 12.4. The van der Waals surface area contributed by atoms with E-state index in [0.29, 0.717) is 16.7 Å². The number of carbonyl (C=O) groups excluding carboxylic acids is 3. The number of carbonyl (C=O) groups is 3. The molecule has 2 aromatic rings. The van der Waals surface area contributed by atoms with Gasteiger partial charge in [-0.1, -0.05) is 17.2 Å². The highest BCUT2D eigenvalue weighted by molar-refractivity contribution is 7.09. The smallest absolute Gasteiger partial charge is 0.371 e. The van der Waals surface area contributed by atoms with E-state index >= 15 is 0 Å². The molecule has 2 aliphatic rings. The molecule has 1 aromatic carbocycles. The average molecular weight is 344 g/mol. The highest BCUT2D eigenvalue weighted by Gasteiger charge is 2.39. The molecule has 3 heterocycles. The summed E-state index contributed by atoms with van der Waals surface area (Å²) < 4.78 is 5.52. The molecule has 4 rings (SSSR count). The second-order valence-corrected chi connectivity index (χ2v) is 6.29. The van der Waals surface area contributed by atoms with Gasteiger partial charge in [0.15, 0.2) is 5.69 Å². The van der Waals surface area contributed by atoms with Crippen molar-refractivity contribution in [2.24, 2.45) is 0 Å². The summed E-state index contributed by atoms with van der Waals surface area (Å²) in [6, 6.07) is 6.32. The minimum absolute atomic E-state index is 0.0575. The molecule has 1 aromatic heterocycles. The first-order valence-electron chi connectivity index (χ1n) is 7.42. The van der Waals surface area contributed by atoms with Crippen LogP contribution in [0, 0.1) is 0 Å². The van der Waals surface area contributed by atoms with Crippen molar-refractivity contribution in [3.05, 3.63) is 51.5 Å². The first-order valence-corrected chi connectivity index (χ1v) is 8.30. The lowest BCUT2D eigenvalue weighted by Crippen LogP contribution is -2.32. The van der Waals surface area contributed by atoms with Gasteiger partial charge < -0.3 is 9.57 Å². The van der Waals surface area contributed by atoms with Gasteiger partial charge in [-0.15, -0.1) is 11.3 Å². The van der Waals surface area contributed by atoms with Crippen molar-refractivity contribution in [1.29, 1.82) is 0 Å². The maximum absolute atomic E-state index is 12.2. The van der Waals surface area contributed by atoms with E-state index in [1.807, 2.05) is 0 Å². The van der Waals surface area contributed by atoms with Crippen molar-refractivity contribution in [1.82, 2.24) is 10.0 Å². The number of amides is 2. The van der Waals surface area contributed by atoms with Crippen LogP contribution < -0.4 is 0 Å². The van der Waals surface area contributed by atoms with Gasteiger partial charge >= 0.3 is 5.97 Å². The summed E-state index contributed by atoms with van der Waals surface area (Å²) in [6.07, 6.45) is 1.72. The first kappa shape index (κ1) is 15.0. The van der Waals surface area contributed by atoms with Crippen LogP contribution in [0.1, 0.15) is 55.2 Å². The minimum atomic E-state index is -0.843. The maximum Gasteiger partial charge on any atom is 0.383 e. The zero-order chi connectivity index (χ0) is 16.7. The number of hydrogen-bond donors (Lipinski definition) is 0. The Kier molecular flexibility index (Phi) is 3.62. The number of fused-ring (bicyclic) bond motifs is 1. The molecule has 8 heteroatoms. The topological polar surface area (TPSA) is 85.8 Å². The predicted octanol–water partition coefficient (Wildman–Crippen LogP) is 2.36. The van der Waals surface area contributed by atoms with Gasteiger partial charge in [-0.25, -0.2) is 9.78 Å². The van der Waals surface area contributed by atoms with Crippen LogP contribution in [-0.4, -0.2) is 34.4 Å². The predicted molar refractivity (Wildman–Crippen MR) is 82.4 cm³/mol. The summed E-state index contributed by atoms with van der Waals surface area (Å²) >= 11 is 1.30. The van der Waals surface area contributed by atoms with Crippen molar-refractivity contribution < 1.29 is 24.0 Å². The Balaban J connectivity index is 1.51. The molecule has 7 nitrogen and oxygen atoms in total. The first-order chi connectivity index (χ1) is 11.6. The Morgan fingerprint density at radius 3 is 2.58 bits per heavy atom. The van der Waals surface area contributed by atoms with E-state index < -0.39 is 17.8 Å². The van der Waals surface area contributed by atoms with Crippen molar-refractivity contribution in [2.75, 3.05) is 6.61 Å². The van der Waals surface area contributed by atoms with Crippen molar-refractivity contribution in [2.45, 2.75) is 18.9 Å². The molecule has 24 heavy (non-hydrogen) atoms. The number of benzene rings is 1. The standard InChI is InChI=1S/C16H12N2O5S/c19-14-9-4-1-2-5-10(9)15(20)18(14)23-16(21)11-8-24-13(17-11)12-6-3-7-22-12/h1-2,4-5,8,12H,3,6-7H2. The highest BCUT2D eigenvalue weighted by atomic mass is 32.1. The number of hydrogen-bond acceptors (Lipinski definition) is 7. The number of imide groups is 1. The summed E-state index contributed by atoms with van der Waals surface area (Å²) in [5.74, 6) is -2.15. The third kappa shape index (κ3) is 2.40. The number of hydroxylamine groups is 2. The highest BCUT2D eigenvalue weighted by Crippen LogP contribution is 2.31. The molecule has 2 aliphatic heterocycles. The lowest BCUT2D eigenvalue weighted by Gasteiger charge is -2.11. The van der Waals surface area contributed by atoms with Crippen molar-refractivity contribution >= 4 is 29.1 Å². The Bertz CT molecular complexity index is 805. The third-order valence-corrected chi connectivity index (χ3v) is 4.80. The molecule has 1 unspecified atom stereocenters. The normalized spacial score (nSPS) is 19.7. The van der Waals surface area contributed by atoms with E-state index in [0.717, 1.165) is 12.8 Å². The molecule has 1 saturated heterocycles. The van der Waals surface area contributed by atoms with Gasteiger partial charge in [0.05, 0.1) is 11.1 Å². The number of ether oxygens (including phenoxy) is 1. The van der Waals surface area contributed by atoms with E-state index in [-0.39, 0.29) is 22.9 Å². The van der Waals surface area contributed by atoms with Crippen LogP contribution >= 0.6 is 11.3 Å². The van der Waals surface area contributed by atoms with Crippen LogP contribution in [0.4, 0.5) is 0 Å². The Labute approximate surface area is 140 Å². The molecule has 1 fully saturated rings. The van der Waals surface area contributed by atoms with E-state index in [2.05, 4.69) is 4.98 Å². The van der Waals surface area contributed by atoms with Gasteiger partial charge in [0, 0.05) is 12.0 Å². The minimum Gasteiger partial charge on any atom is -0.371 e. The van der Waals surface area contributed by atoms with Gasteiger partial charge in [-0.3, -0.25) is 9.59 Å². The molecular weight excluding hydrogens is 332 g/mol.